The average Bonchev–Trinajstić information content (AvgIpc) is 2.61. The van der Waals surface area contributed by atoms with Gasteiger partial charge in [-0.3, -0.25) is 0 Å². The Balaban J connectivity index is 3.30. The Morgan fingerprint density at radius 1 is 0.625 bits per heavy atom. The smallest absolute Gasteiger partial charge is 0.00640 e. The van der Waals surface area contributed by atoms with E-state index in [2.05, 4.69) is 50.5 Å². The summed E-state index contributed by atoms with van der Waals surface area (Å²) in [5.41, 5.74) is 0. The van der Waals surface area contributed by atoms with Gasteiger partial charge in [0.15, 0.2) is 0 Å². The summed E-state index contributed by atoms with van der Waals surface area (Å²) in [6.07, 6.45) is 29.4. The molecule has 0 saturated carbocycles. The molecule has 0 spiro atoms. The molecule has 0 aliphatic rings. The molecule has 0 heterocycles. The van der Waals surface area contributed by atoms with Gasteiger partial charge in [-0.1, -0.05) is 89.5 Å². The molecule has 0 aromatic rings. The molecule has 0 aliphatic heterocycles. The minimum Gasteiger partial charge on any atom is -0.317 e. The fraction of sp³-hybridized carbons (Fsp3) is 0.826. The van der Waals surface area contributed by atoms with Gasteiger partial charge in [-0.25, -0.2) is 0 Å². The molecule has 0 rings (SSSR count). The topological polar surface area (TPSA) is 12.0 Å². The van der Waals surface area contributed by atoms with Crippen molar-refractivity contribution >= 4 is 0 Å². The first-order valence-electron chi connectivity index (χ1n) is 10.8. The molecule has 1 nitrogen and oxygen atoms in total. The Morgan fingerprint density at radius 3 is 1.79 bits per heavy atom. The lowest BCUT2D eigenvalue weighted by Gasteiger charge is -2.15. The van der Waals surface area contributed by atoms with Crippen LogP contribution in [0.15, 0.2) is 24.3 Å². The van der Waals surface area contributed by atoms with Gasteiger partial charge in [0.05, 0.1) is 0 Å². The zero-order valence-corrected chi connectivity index (χ0v) is 17.0. The van der Waals surface area contributed by atoms with Crippen LogP contribution < -0.4 is 5.32 Å². The molecule has 1 unspecified atom stereocenters. The lowest BCUT2D eigenvalue weighted by molar-refractivity contribution is 0.445. The second kappa shape index (κ2) is 20.5. The van der Waals surface area contributed by atoms with Crippen molar-refractivity contribution in [3.8, 4) is 0 Å². The molecule has 0 saturated heterocycles. The summed E-state index contributed by atoms with van der Waals surface area (Å²) in [5.74, 6) is 0. The SMILES string of the molecule is CCCCCC=CCC=CCCCCCCCC(CCCC)NC. The van der Waals surface area contributed by atoms with E-state index in [9.17, 15) is 0 Å². The summed E-state index contributed by atoms with van der Waals surface area (Å²) in [4.78, 5) is 0. The van der Waals surface area contributed by atoms with Crippen molar-refractivity contribution in [2.75, 3.05) is 7.05 Å². The van der Waals surface area contributed by atoms with E-state index < -0.39 is 0 Å². The third-order valence-corrected chi connectivity index (χ3v) is 4.82. The molecule has 0 radical (unpaired) electrons. The molecule has 1 heteroatoms. The van der Waals surface area contributed by atoms with Crippen LogP contribution in [0, 0.1) is 0 Å². The summed E-state index contributed by atoms with van der Waals surface area (Å²) >= 11 is 0. The third-order valence-electron chi connectivity index (χ3n) is 4.82. The van der Waals surface area contributed by atoms with Crippen LogP contribution in [0.25, 0.3) is 0 Å². The van der Waals surface area contributed by atoms with Gasteiger partial charge < -0.3 is 5.32 Å². The van der Waals surface area contributed by atoms with Crippen LogP contribution in [0.4, 0.5) is 0 Å². The summed E-state index contributed by atoms with van der Waals surface area (Å²) in [6.45, 7) is 4.55. The van der Waals surface area contributed by atoms with E-state index in [1.807, 2.05) is 0 Å². The van der Waals surface area contributed by atoms with Gasteiger partial charge in [0.25, 0.3) is 0 Å². The highest BCUT2D eigenvalue weighted by Crippen LogP contribution is 2.12. The van der Waals surface area contributed by atoms with Crippen molar-refractivity contribution in [3.63, 3.8) is 0 Å². The van der Waals surface area contributed by atoms with Crippen LogP contribution in [0.2, 0.25) is 0 Å². The second-order valence-electron chi connectivity index (χ2n) is 7.15. The van der Waals surface area contributed by atoms with E-state index in [4.69, 9.17) is 0 Å². The highest BCUT2D eigenvalue weighted by atomic mass is 14.9. The van der Waals surface area contributed by atoms with Crippen LogP contribution in [0.3, 0.4) is 0 Å². The highest BCUT2D eigenvalue weighted by Gasteiger charge is 2.04. The summed E-state index contributed by atoms with van der Waals surface area (Å²) in [7, 11) is 2.12. The fourth-order valence-corrected chi connectivity index (χ4v) is 3.09. The van der Waals surface area contributed by atoms with Crippen molar-refractivity contribution < 1.29 is 0 Å². The number of nitrogens with one attached hydrogen (secondary N) is 1. The maximum Gasteiger partial charge on any atom is 0.00640 e. The lowest BCUT2D eigenvalue weighted by Crippen LogP contribution is -2.24. The monoisotopic (exact) mass is 335 g/mol. The Bertz CT molecular complexity index is 280. The predicted molar refractivity (Wildman–Crippen MR) is 112 cm³/mol. The van der Waals surface area contributed by atoms with Crippen LogP contribution >= 0.6 is 0 Å². The Morgan fingerprint density at radius 2 is 1.17 bits per heavy atom. The maximum absolute atomic E-state index is 3.47. The molecule has 0 aromatic carbocycles. The highest BCUT2D eigenvalue weighted by molar-refractivity contribution is 4.92. The zero-order chi connectivity index (χ0) is 17.7. The summed E-state index contributed by atoms with van der Waals surface area (Å²) < 4.78 is 0. The first kappa shape index (κ1) is 23.4. The second-order valence-corrected chi connectivity index (χ2v) is 7.15. The Kier molecular flexibility index (Phi) is 20.0. The van der Waals surface area contributed by atoms with Gasteiger partial charge in [0, 0.05) is 6.04 Å². The number of rotatable bonds is 18. The normalized spacial score (nSPS) is 13.3. The van der Waals surface area contributed by atoms with E-state index in [1.54, 1.807) is 0 Å². The van der Waals surface area contributed by atoms with Gasteiger partial charge in [-0.2, -0.15) is 0 Å². The number of hydrogen-bond acceptors (Lipinski definition) is 1. The molecular weight excluding hydrogens is 290 g/mol. The van der Waals surface area contributed by atoms with E-state index >= 15 is 0 Å². The van der Waals surface area contributed by atoms with Gasteiger partial charge in [0.1, 0.15) is 0 Å². The van der Waals surface area contributed by atoms with Crippen molar-refractivity contribution in [1.29, 1.82) is 0 Å². The molecule has 0 aromatic heterocycles. The first-order valence-corrected chi connectivity index (χ1v) is 10.8. The van der Waals surface area contributed by atoms with Crippen molar-refractivity contribution in [3.05, 3.63) is 24.3 Å². The minimum atomic E-state index is 0.753. The predicted octanol–water partition coefficient (Wildman–Crippen LogP) is 7.58. The number of allylic oxidation sites excluding steroid dienone is 4. The molecular formula is C23H45N. The van der Waals surface area contributed by atoms with Crippen LogP contribution in [-0.4, -0.2) is 13.1 Å². The minimum absolute atomic E-state index is 0.753. The van der Waals surface area contributed by atoms with Crippen molar-refractivity contribution in [2.45, 2.75) is 116 Å². The van der Waals surface area contributed by atoms with Gasteiger partial charge in [-0.05, 0) is 52.0 Å². The largest absolute Gasteiger partial charge is 0.317 e. The molecule has 1 atom stereocenters. The first-order chi connectivity index (χ1) is 11.8. The molecule has 0 aliphatic carbocycles. The summed E-state index contributed by atoms with van der Waals surface area (Å²) in [6, 6.07) is 0.753. The van der Waals surface area contributed by atoms with Crippen LogP contribution in [-0.2, 0) is 0 Å². The molecule has 0 fully saturated rings. The molecule has 142 valence electrons. The van der Waals surface area contributed by atoms with E-state index in [0.717, 1.165) is 12.5 Å². The Labute approximate surface area is 153 Å². The lowest BCUT2D eigenvalue weighted by atomic mass is 10.0. The van der Waals surface area contributed by atoms with E-state index in [0.29, 0.717) is 0 Å². The van der Waals surface area contributed by atoms with Gasteiger partial charge >= 0.3 is 0 Å². The molecule has 0 bridgehead atoms. The van der Waals surface area contributed by atoms with Gasteiger partial charge in [0.2, 0.25) is 0 Å². The fourth-order valence-electron chi connectivity index (χ4n) is 3.09. The maximum atomic E-state index is 3.47. The van der Waals surface area contributed by atoms with Crippen molar-refractivity contribution in [1.82, 2.24) is 5.32 Å². The van der Waals surface area contributed by atoms with Gasteiger partial charge in [-0.15, -0.1) is 0 Å². The summed E-state index contributed by atoms with van der Waals surface area (Å²) in [5, 5.41) is 3.47. The van der Waals surface area contributed by atoms with E-state index in [-0.39, 0.29) is 0 Å². The molecule has 24 heavy (non-hydrogen) atoms. The standard InChI is InChI=1S/C23H45N/c1-4-6-8-9-10-11-12-13-14-15-16-17-18-19-20-22-23(24-3)21-7-5-2/h10-11,13-14,23-24H,4-9,12,15-22H2,1-3H3. The zero-order valence-electron chi connectivity index (χ0n) is 17.0. The molecule has 1 N–H and O–H groups in total. The number of hydrogen-bond donors (Lipinski definition) is 1. The Hall–Kier alpha value is -0.560. The van der Waals surface area contributed by atoms with Crippen molar-refractivity contribution in [2.24, 2.45) is 0 Å². The van der Waals surface area contributed by atoms with Crippen LogP contribution in [0.1, 0.15) is 110 Å². The quantitative estimate of drug-likeness (QED) is 0.201. The van der Waals surface area contributed by atoms with Crippen LogP contribution in [0.5, 0.6) is 0 Å². The number of unbranched alkanes of at least 4 members (excludes halogenated alkanes) is 9. The third kappa shape index (κ3) is 17.8. The molecule has 0 amide bonds. The average molecular weight is 336 g/mol. The van der Waals surface area contributed by atoms with E-state index in [1.165, 1.54) is 89.9 Å².